The Kier molecular flexibility index (Phi) is 3.20. The molecule has 3 nitrogen and oxygen atoms in total. The van der Waals surface area contributed by atoms with Crippen molar-refractivity contribution >= 4 is 17.2 Å². The molecule has 2 aromatic rings. The maximum atomic E-state index is 4.65. The van der Waals surface area contributed by atoms with Crippen molar-refractivity contribution < 1.29 is 0 Å². The molecule has 20 heavy (non-hydrogen) atoms. The van der Waals surface area contributed by atoms with Gasteiger partial charge < -0.3 is 10.2 Å². The van der Waals surface area contributed by atoms with E-state index in [1.54, 1.807) is 4.88 Å². The maximum absolute atomic E-state index is 4.65. The highest BCUT2D eigenvalue weighted by molar-refractivity contribution is 7.10. The first-order valence-electron chi connectivity index (χ1n) is 7.37. The van der Waals surface area contributed by atoms with E-state index in [1.807, 2.05) is 23.6 Å². The minimum atomic E-state index is 0.743. The van der Waals surface area contributed by atoms with Crippen LogP contribution in [0.3, 0.4) is 0 Å². The molecule has 2 aromatic heterocycles. The Labute approximate surface area is 123 Å². The standard InChI is InChI=1S/C16H19N3S/c1-2-12(10-18-14-3-4-14)16(17-7-1)19-8-5-15-13(11-19)6-9-20-15/h1-2,6-7,9,14,18H,3-5,8,10-11H2. The number of hydrogen-bond donors (Lipinski definition) is 1. The fourth-order valence-electron chi connectivity index (χ4n) is 2.82. The smallest absolute Gasteiger partial charge is 0.133 e. The summed E-state index contributed by atoms with van der Waals surface area (Å²) in [6.45, 7) is 3.04. The van der Waals surface area contributed by atoms with Gasteiger partial charge in [-0.15, -0.1) is 11.3 Å². The van der Waals surface area contributed by atoms with E-state index in [-0.39, 0.29) is 0 Å². The number of thiophene rings is 1. The second kappa shape index (κ2) is 5.19. The van der Waals surface area contributed by atoms with Crippen molar-refractivity contribution in [1.82, 2.24) is 10.3 Å². The van der Waals surface area contributed by atoms with Crippen LogP contribution in [0.15, 0.2) is 29.8 Å². The fraction of sp³-hybridized carbons (Fsp3) is 0.438. The number of rotatable bonds is 4. The van der Waals surface area contributed by atoms with Crippen LogP contribution >= 0.6 is 11.3 Å². The number of nitrogens with zero attached hydrogens (tertiary/aromatic N) is 2. The highest BCUT2D eigenvalue weighted by atomic mass is 32.1. The van der Waals surface area contributed by atoms with Crippen LogP contribution < -0.4 is 10.2 Å². The van der Waals surface area contributed by atoms with Gasteiger partial charge in [-0.2, -0.15) is 0 Å². The summed E-state index contributed by atoms with van der Waals surface area (Å²) < 4.78 is 0. The summed E-state index contributed by atoms with van der Waals surface area (Å²) in [5, 5.41) is 5.81. The highest BCUT2D eigenvalue weighted by Gasteiger charge is 2.23. The van der Waals surface area contributed by atoms with E-state index < -0.39 is 0 Å². The van der Waals surface area contributed by atoms with Gasteiger partial charge in [-0.1, -0.05) is 6.07 Å². The topological polar surface area (TPSA) is 28.2 Å². The molecule has 0 unspecified atom stereocenters. The zero-order chi connectivity index (χ0) is 13.4. The molecular weight excluding hydrogens is 266 g/mol. The van der Waals surface area contributed by atoms with Gasteiger partial charge in [0.25, 0.3) is 0 Å². The molecule has 4 rings (SSSR count). The first-order chi connectivity index (χ1) is 9.90. The molecule has 0 bridgehead atoms. The van der Waals surface area contributed by atoms with Crippen LogP contribution in [0.5, 0.6) is 0 Å². The van der Waals surface area contributed by atoms with E-state index >= 15 is 0 Å². The SMILES string of the molecule is c1cnc(N2CCc3sccc3C2)c(CNC2CC2)c1. The Bertz CT molecular complexity index is 603. The summed E-state index contributed by atoms with van der Waals surface area (Å²) in [5.74, 6) is 1.16. The Morgan fingerprint density at radius 1 is 1.35 bits per heavy atom. The molecule has 3 heterocycles. The molecule has 1 fully saturated rings. The summed E-state index contributed by atoms with van der Waals surface area (Å²) in [7, 11) is 0. The van der Waals surface area contributed by atoms with Crippen molar-refractivity contribution in [2.45, 2.75) is 38.4 Å². The van der Waals surface area contributed by atoms with Crippen LogP contribution in [0.4, 0.5) is 5.82 Å². The number of fused-ring (bicyclic) bond motifs is 1. The first-order valence-corrected chi connectivity index (χ1v) is 8.25. The predicted octanol–water partition coefficient (Wildman–Crippen LogP) is 2.96. The van der Waals surface area contributed by atoms with Crippen molar-refractivity contribution in [3.63, 3.8) is 0 Å². The molecule has 1 N–H and O–H groups in total. The van der Waals surface area contributed by atoms with E-state index in [0.29, 0.717) is 0 Å². The number of anilines is 1. The molecule has 1 aliphatic heterocycles. The number of pyridine rings is 1. The van der Waals surface area contributed by atoms with Gasteiger partial charge in [0, 0.05) is 42.3 Å². The monoisotopic (exact) mass is 285 g/mol. The largest absolute Gasteiger partial charge is 0.352 e. The zero-order valence-corrected chi connectivity index (χ0v) is 12.3. The Morgan fingerprint density at radius 3 is 3.20 bits per heavy atom. The molecule has 0 spiro atoms. The van der Waals surface area contributed by atoms with Gasteiger partial charge in [0.1, 0.15) is 5.82 Å². The second-order valence-electron chi connectivity index (χ2n) is 5.68. The summed E-state index contributed by atoms with van der Waals surface area (Å²) in [5.41, 5.74) is 2.81. The Hall–Kier alpha value is -1.39. The normalized spacial score (nSPS) is 18.1. The highest BCUT2D eigenvalue weighted by Crippen LogP contribution is 2.29. The quantitative estimate of drug-likeness (QED) is 0.936. The second-order valence-corrected chi connectivity index (χ2v) is 6.68. The van der Waals surface area contributed by atoms with E-state index in [0.717, 1.165) is 37.9 Å². The van der Waals surface area contributed by atoms with Crippen LogP contribution in [0.25, 0.3) is 0 Å². The van der Waals surface area contributed by atoms with Gasteiger partial charge in [0.05, 0.1) is 0 Å². The van der Waals surface area contributed by atoms with E-state index in [1.165, 1.54) is 24.0 Å². The van der Waals surface area contributed by atoms with Crippen LogP contribution in [0.1, 0.15) is 28.8 Å². The van der Waals surface area contributed by atoms with Crippen LogP contribution in [0.2, 0.25) is 0 Å². The zero-order valence-electron chi connectivity index (χ0n) is 11.5. The Balaban J connectivity index is 1.55. The molecule has 4 heteroatoms. The van der Waals surface area contributed by atoms with Crippen molar-refractivity contribution in [3.05, 3.63) is 45.8 Å². The predicted molar refractivity (Wildman–Crippen MR) is 83.2 cm³/mol. The molecule has 1 saturated carbocycles. The lowest BCUT2D eigenvalue weighted by Gasteiger charge is -2.29. The average Bonchev–Trinajstić information content (AvgIpc) is 3.20. The van der Waals surface area contributed by atoms with Gasteiger partial charge in [-0.05, 0) is 42.3 Å². The van der Waals surface area contributed by atoms with Gasteiger partial charge in [-0.3, -0.25) is 0 Å². The van der Waals surface area contributed by atoms with E-state index in [9.17, 15) is 0 Å². The van der Waals surface area contributed by atoms with Gasteiger partial charge in [0.15, 0.2) is 0 Å². The summed E-state index contributed by atoms with van der Waals surface area (Å²) in [6.07, 6.45) is 5.73. The molecule has 1 aliphatic carbocycles. The molecule has 2 aliphatic rings. The van der Waals surface area contributed by atoms with Gasteiger partial charge >= 0.3 is 0 Å². The third-order valence-corrected chi connectivity index (χ3v) is 5.16. The minimum absolute atomic E-state index is 0.743. The summed E-state index contributed by atoms with van der Waals surface area (Å²) in [6, 6.07) is 7.26. The molecule has 0 saturated heterocycles. The van der Waals surface area contributed by atoms with Crippen LogP contribution in [0, 0.1) is 0 Å². The lowest BCUT2D eigenvalue weighted by atomic mass is 10.1. The van der Waals surface area contributed by atoms with Crippen molar-refractivity contribution in [2.75, 3.05) is 11.4 Å². The third-order valence-electron chi connectivity index (χ3n) is 4.13. The van der Waals surface area contributed by atoms with Crippen molar-refractivity contribution in [2.24, 2.45) is 0 Å². The van der Waals surface area contributed by atoms with Crippen molar-refractivity contribution in [3.8, 4) is 0 Å². The van der Waals surface area contributed by atoms with E-state index in [4.69, 9.17) is 0 Å². The molecule has 0 aromatic carbocycles. The van der Waals surface area contributed by atoms with Crippen LogP contribution in [-0.2, 0) is 19.5 Å². The van der Waals surface area contributed by atoms with Gasteiger partial charge in [-0.25, -0.2) is 4.98 Å². The maximum Gasteiger partial charge on any atom is 0.133 e. The number of hydrogen-bond acceptors (Lipinski definition) is 4. The molecule has 0 amide bonds. The molecule has 104 valence electrons. The fourth-order valence-corrected chi connectivity index (χ4v) is 3.71. The lowest BCUT2D eigenvalue weighted by Crippen LogP contribution is -2.31. The molecular formula is C16H19N3S. The third kappa shape index (κ3) is 2.45. The van der Waals surface area contributed by atoms with Crippen molar-refractivity contribution in [1.29, 1.82) is 0 Å². The summed E-state index contributed by atoms with van der Waals surface area (Å²) >= 11 is 1.89. The Morgan fingerprint density at radius 2 is 2.30 bits per heavy atom. The van der Waals surface area contributed by atoms with E-state index in [2.05, 4.69) is 32.7 Å². The lowest BCUT2D eigenvalue weighted by molar-refractivity contribution is 0.672. The molecule has 0 atom stereocenters. The number of nitrogens with one attached hydrogen (secondary N) is 1. The van der Waals surface area contributed by atoms with Gasteiger partial charge in [0.2, 0.25) is 0 Å². The minimum Gasteiger partial charge on any atom is -0.352 e. The molecule has 0 radical (unpaired) electrons. The number of aromatic nitrogens is 1. The average molecular weight is 285 g/mol. The summed E-state index contributed by atoms with van der Waals surface area (Å²) in [4.78, 5) is 8.63. The van der Waals surface area contributed by atoms with Crippen LogP contribution in [-0.4, -0.2) is 17.6 Å². The first kappa shape index (κ1) is 12.4.